The largest absolute Gasteiger partial charge is 0.480 e. The van der Waals surface area contributed by atoms with Gasteiger partial charge in [0.05, 0.1) is 11.6 Å². The highest BCUT2D eigenvalue weighted by Crippen LogP contribution is 2.17. The van der Waals surface area contributed by atoms with Crippen molar-refractivity contribution in [2.45, 2.75) is 13.0 Å². The zero-order valence-electron chi connectivity index (χ0n) is 9.30. The van der Waals surface area contributed by atoms with Crippen LogP contribution in [0.25, 0.3) is 0 Å². The van der Waals surface area contributed by atoms with E-state index in [1.807, 2.05) is 6.07 Å². The fourth-order valence-corrected chi connectivity index (χ4v) is 1.18. The first-order valence-corrected chi connectivity index (χ1v) is 4.99. The Hall–Kier alpha value is -2.53. The number of carbonyl (C=O) groups is 1. The van der Waals surface area contributed by atoms with Crippen molar-refractivity contribution in [3.8, 4) is 17.9 Å². The molecule has 86 valence electrons. The second kappa shape index (κ2) is 6.14. The average molecular weight is 229 g/mol. The van der Waals surface area contributed by atoms with Crippen LogP contribution in [-0.2, 0) is 4.79 Å². The smallest absolute Gasteiger partial charge is 0.261 e. The molecule has 0 spiro atoms. The first-order valence-electron chi connectivity index (χ1n) is 4.99. The van der Waals surface area contributed by atoms with Gasteiger partial charge in [-0.3, -0.25) is 4.79 Å². The number of carbonyl (C=O) groups excluding carboxylic acids is 1. The highest BCUT2D eigenvalue weighted by atomic mass is 16.5. The maximum absolute atomic E-state index is 11.4. The molecule has 1 N–H and O–H groups in total. The minimum absolute atomic E-state index is 0.0631. The number of hydrogen-bond donors (Lipinski definition) is 1. The lowest BCUT2D eigenvalue weighted by molar-refractivity contribution is -0.127. The van der Waals surface area contributed by atoms with E-state index in [4.69, 9.17) is 15.3 Å². The molecule has 0 aliphatic rings. The van der Waals surface area contributed by atoms with Crippen LogP contribution in [0, 0.1) is 22.7 Å². The number of amides is 1. The van der Waals surface area contributed by atoms with Gasteiger partial charge in [-0.25, -0.2) is 0 Å². The molecule has 1 atom stereocenters. The van der Waals surface area contributed by atoms with E-state index in [1.165, 1.54) is 0 Å². The summed E-state index contributed by atoms with van der Waals surface area (Å²) in [6.07, 6.45) is -0.752. The molecular formula is C12H11N3O2. The minimum atomic E-state index is -0.752. The molecular weight excluding hydrogens is 218 g/mol. The summed E-state index contributed by atoms with van der Waals surface area (Å²) in [5, 5.41) is 19.5. The predicted octanol–water partition coefficient (Wildman–Crippen LogP) is 0.965. The van der Waals surface area contributed by atoms with E-state index in [1.54, 1.807) is 37.3 Å². The highest BCUT2D eigenvalue weighted by Gasteiger charge is 2.15. The van der Waals surface area contributed by atoms with Gasteiger partial charge >= 0.3 is 0 Å². The lowest BCUT2D eigenvalue weighted by Crippen LogP contribution is -2.36. The maximum atomic E-state index is 11.4. The van der Waals surface area contributed by atoms with Crippen LogP contribution >= 0.6 is 0 Å². The minimum Gasteiger partial charge on any atom is -0.480 e. The van der Waals surface area contributed by atoms with Crippen LogP contribution in [0.1, 0.15) is 12.5 Å². The SMILES string of the molecule is C[C@@H](Oc1ccccc1C#N)C(=O)NCC#N. The molecule has 0 radical (unpaired) electrons. The molecule has 0 heterocycles. The number of hydrogen-bond acceptors (Lipinski definition) is 4. The molecule has 17 heavy (non-hydrogen) atoms. The molecule has 1 aromatic rings. The Morgan fingerprint density at radius 3 is 2.82 bits per heavy atom. The molecule has 0 aromatic heterocycles. The molecule has 0 aliphatic heterocycles. The fraction of sp³-hybridized carbons (Fsp3) is 0.250. The number of benzene rings is 1. The first-order chi connectivity index (χ1) is 8.19. The quantitative estimate of drug-likeness (QED) is 0.779. The Bertz CT molecular complexity index is 485. The number of rotatable bonds is 4. The van der Waals surface area contributed by atoms with Gasteiger partial charge in [-0.15, -0.1) is 0 Å². The van der Waals surface area contributed by atoms with Crippen molar-refractivity contribution in [3.63, 3.8) is 0 Å². The predicted molar refractivity (Wildman–Crippen MR) is 59.9 cm³/mol. The van der Waals surface area contributed by atoms with Crippen LogP contribution in [0.5, 0.6) is 5.75 Å². The van der Waals surface area contributed by atoms with E-state index in [0.717, 1.165) is 0 Å². The van der Waals surface area contributed by atoms with Crippen molar-refractivity contribution < 1.29 is 9.53 Å². The van der Waals surface area contributed by atoms with Gasteiger partial charge in [0.2, 0.25) is 0 Å². The summed E-state index contributed by atoms with van der Waals surface area (Å²) in [5.41, 5.74) is 0.368. The molecule has 0 aliphatic carbocycles. The summed E-state index contributed by atoms with van der Waals surface area (Å²) in [4.78, 5) is 11.4. The van der Waals surface area contributed by atoms with Gasteiger partial charge in [0.25, 0.3) is 5.91 Å². The Balaban J connectivity index is 2.69. The molecule has 0 bridgehead atoms. The molecule has 1 rings (SSSR count). The van der Waals surface area contributed by atoms with Crippen molar-refractivity contribution in [2.24, 2.45) is 0 Å². The monoisotopic (exact) mass is 229 g/mol. The standard InChI is InChI=1S/C12H11N3O2/c1-9(12(16)15-7-6-13)17-11-5-3-2-4-10(11)8-14/h2-5,9H,7H2,1H3,(H,15,16)/t9-/m1/s1. The van der Waals surface area contributed by atoms with E-state index < -0.39 is 6.10 Å². The van der Waals surface area contributed by atoms with Gasteiger partial charge in [-0.2, -0.15) is 10.5 Å². The molecule has 0 unspecified atom stereocenters. The van der Waals surface area contributed by atoms with E-state index in [-0.39, 0.29) is 12.5 Å². The van der Waals surface area contributed by atoms with Crippen LogP contribution < -0.4 is 10.1 Å². The van der Waals surface area contributed by atoms with Crippen LogP contribution in [0.4, 0.5) is 0 Å². The van der Waals surface area contributed by atoms with Crippen LogP contribution in [0.15, 0.2) is 24.3 Å². The number of ether oxygens (including phenoxy) is 1. The van der Waals surface area contributed by atoms with Crippen molar-refractivity contribution in [2.75, 3.05) is 6.54 Å². The number of nitriles is 2. The second-order valence-electron chi connectivity index (χ2n) is 3.24. The summed E-state index contributed by atoms with van der Waals surface area (Å²) in [6.45, 7) is 1.49. The van der Waals surface area contributed by atoms with Gasteiger partial charge in [0.1, 0.15) is 18.4 Å². The van der Waals surface area contributed by atoms with Gasteiger partial charge in [0.15, 0.2) is 6.10 Å². The van der Waals surface area contributed by atoms with Gasteiger partial charge in [-0.1, -0.05) is 12.1 Å². The zero-order chi connectivity index (χ0) is 12.7. The molecule has 0 fully saturated rings. The first kappa shape index (κ1) is 12.5. The summed E-state index contributed by atoms with van der Waals surface area (Å²) >= 11 is 0. The summed E-state index contributed by atoms with van der Waals surface area (Å²) in [7, 11) is 0. The Morgan fingerprint density at radius 1 is 1.47 bits per heavy atom. The van der Waals surface area contributed by atoms with Crippen molar-refractivity contribution in [3.05, 3.63) is 29.8 Å². The Labute approximate surface area is 99.2 Å². The van der Waals surface area contributed by atoms with Gasteiger partial charge in [0, 0.05) is 0 Å². The molecule has 1 amide bonds. The molecule has 5 nitrogen and oxygen atoms in total. The van der Waals surface area contributed by atoms with Gasteiger partial charge in [-0.05, 0) is 19.1 Å². The molecule has 5 heteroatoms. The van der Waals surface area contributed by atoms with E-state index >= 15 is 0 Å². The lowest BCUT2D eigenvalue weighted by Gasteiger charge is -2.14. The van der Waals surface area contributed by atoms with Crippen molar-refractivity contribution in [1.82, 2.24) is 5.32 Å². The summed E-state index contributed by atoms with van der Waals surface area (Å²) in [5.74, 6) is -0.0334. The van der Waals surface area contributed by atoms with Crippen LogP contribution in [0.3, 0.4) is 0 Å². The second-order valence-corrected chi connectivity index (χ2v) is 3.24. The Morgan fingerprint density at radius 2 is 2.18 bits per heavy atom. The molecule has 0 saturated carbocycles. The zero-order valence-corrected chi connectivity index (χ0v) is 9.30. The summed E-state index contributed by atoms with van der Waals surface area (Å²) in [6, 6.07) is 10.4. The Kier molecular flexibility index (Phi) is 4.53. The van der Waals surface area contributed by atoms with E-state index in [9.17, 15) is 4.79 Å². The van der Waals surface area contributed by atoms with Gasteiger partial charge < -0.3 is 10.1 Å². The number of nitrogens with zero attached hydrogens (tertiary/aromatic N) is 2. The number of para-hydroxylation sites is 1. The summed E-state index contributed by atoms with van der Waals surface area (Å²) < 4.78 is 5.35. The van der Waals surface area contributed by atoms with Crippen molar-refractivity contribution >= 4 is 5.91 Å². The topological polar surface area (TPSA) is 85.9 Å². The fourth-order valence-electron chi connectivity index (χ4n) is 1.18. The lowest BCUT2D eigenvalue weighted by atomic mass is 10.2. The normalized spacial score (nSPS) is 10.8. The third-order valence-corrected chi connectivity index (χ3v) is 2.02. The molecule has 1 aromatic carbocycles. The number of nitrogens with one attached hydrogen (secondary N) is 1. The van der Waals surface area contributed by atoms with Crippen LogP contribution in [-0.4, -0.2) is 18.6 Å². The third kappa shape index (κ3) is 3.51. The maximum Gasteiger partial charge on any atom is 0.261 e. The molecule has 0 saturated heterocycles. The third-order valence-electron chi connectivity index (χ3n) is 2.02. The van der Waals surface area contributed by atoms with Crippen molar-refractivity contribution in [1.29, 1.82) is 10.5 Å². The van der Waals surface area contributed by atoms with Crippen LogP contribution in [0.2, 0.25) is 0 Å². The average Bonchev–Trinajstić information content (AvgIpc) is 2.36. The highest BCUT2D eigenvalue weighted by molar-refractivity contribution is 5.80. The van der Waals surface area contributed by atoms with E-state index in [0.29, 0.717) is 11.3 Å². The van der Waals surface area contributed by atoms with E-state index in [2.05, 4.69) is 5.32 Å².